The summed E-state index contributed by atoms with van der Waals surface area (Å²) in [6.45, 7) is 6.05. The number of esters is 1. The van der Waals surface area contributed by atoms with Crippen molar-refractivity contribution in [2.45, 2.75) is 19.1 Å². The van der Waals surface area contributed by atoms with E-state index in [-0.39, 0.29) is 24.1 Å². The average Bonchev–Trinajstić information content (AvgIpc) is 2.63. The standard InChI is InChI=1S/C10H12O3/c1-3-12-10(11)9-6(2)7-4-5-8(9)13-7/h4-5,7-9H,2-3H2,1H3/t7-,8+,9-/m0/s1. The van der Waals surface area contributed by atoms with E-state index in [0.717, 1.165) is 5.57 Å². The molecule has 0 aliphatic carbocycles. The van der Waals surface area contributed by atoms with Gasteiger partial charge < -0.3 is 9.47 Å². The van der Waals surface area contributed by atoms with Crippen LogP contribution in [0.4, 0.5) is 0 Å². The van der Waals surface area contributed by atoms with E-state index in [1.54, 1.807) is 6.92 Å². The number of hydrogen-bond acceptors (Lipinski definition) is 3. The van der Waals surface area contributed by atoms with Crippen molar-refractivity contribution in [3.05, 3.63) is 24.3 Å². The summed E-state index contributed by atoms with van der Waals surface area (Å²) in [5.74, 6) is -0.501. The molecule has 0 aromatic rings. The number of hydrogen-bond donors (Lipinski definition) is 0. The topological polar surface area (TPSA) is 35.5 Å². The normalized spacial score (nSPS) is 35.5. The molecule has 0 N–H and O–H groups in total. The van der Waals surface area contributed by atoms with Crippen LogP contribution in [-0.4, -0.2) is 24.8 Å². The third-order valence-corrected chi connectivity index (χ3v) is 2.41. The molecule has 2 aliphatic rings. The average molecular weight is 180 g/mol. The Morgan fingerprint density at radius 1 is 1.69 bits per heavy atom. The second-order valence-corrected chi connectivity index (χ2v) is 3.21. The first-order valence-electron chi connectivity index (χ1n) is 4.43. The molecule has 13 heavy (non-hydrogen) atoms. The summed E-state index contributed by atoms with van der Waals surface area (Å²) in [5, 5.41) is 0. The van der Waals surface area contributed by atoms with Crippen LogP contribution in [0.15, 0.2) is 24.3 Å². The highest BCUT2D eigenvalue weighted by Crippen LogP contribution is 2.37. The maximum absolute atomic E-state index is 11.4. The zero-order valence-electron chi connectivity index (χ0n) is 7.53. The summed E-state index contributed by atoms with van der Waals surface area (Å²) in [4.78, 5) is 11.4. The van der Waals surface area contributed by atoms with Gasteiger partial charge in [0.15, 0.2) is 0 Å². The molecule has 3 atom stereocenters. The third kappa shape index (κ3) is 1.20. The minimum Gasteiger partial charge on any atom is -0.465 e. The summed E-state index contributed by atoms with van der Waals surface area (Å²) in [7, 11) is 0. The Balaban J connectivity index is 2.13. The molecule has 0 unspecified atom stereocenters. The van der Waals surface area contributed by atoms with Gasteiger partial charge in [-0.05, 0) is 12.5 Å². The SMILES string of the molecule is C=C1[C@H](C(=O)OCC)[C@H]2C=C[C@@H]1O2. The Kier molecular flexibility index (Phi) is 1.96. The van der Waals surface area contributed by atoms with Gasteiger partial charge in [0.1, 0.15) is 5.92 Å². The quantitative estimate of drug-likeness (QED) is 0.471. The minimum atomic E-state index is -0.282. The summed E-state index contributed by atoms with van der Waals surface area (Å²) in [5.41, 5.74) is 0.825. The minimum absolute atomic E-state index is 0.0700. The van der Waals surface area contributed by atoms with Crippen LogP contribution in [0.2, 0.25) is 0 Å². The molecule has 0 spiro atoms. The predicted octanol–water partition coefficient (Wildman–Crippen LogP) is 1.06. The molecule has 2 rings (SSSR count). The van der Waals surface area contributed by atoms with Crippen LogP contribution in [-0.2, 0) is 14.3 Å². The zero-order valence-corrected chi connectivity index (χ0v) is 7.53. The van der Waals surface area contributed by atoms with E-state index in [1.807, 2.05) is 12.2 Å². The van der Waals surface area contributed by atoms with Crippen molar-refractivity contribution in [3.63, 3.8) is 0 Å². The molecule has 2 heterocycles. The lowest BCUT2D eigenvalue weighted by atomic mass is 9.90. The van der Waals surface area contributed by atoms with Crippen molar-refractivity contribution in [2.24, 2.45) is 5.92 Å². The van der Waals surface area contributed by atoms with Gasteiger partial charge >= 0.3 is 5.97 Å². The second kappa shape index (κ2) is 3.00. The van der Waals surface area contributed by atoms with Crippen molar-refractivity contribution >= 4 is 5.97 Å². The number of carbonyl (C=O) groups excluding carboxylic acids is 1. The monoisotopic (exact) mass is 180 g/mol. The molecular formula is C10H12O3. The first-order chi connectivity index (χ1) is 6.24. The molecule has 1 saturated heterocycles. The maximum atomic E-state index is 11.4. The Morgan fingerprint density at radius 2 is 2.46 bits per heavy atom. The van der Waals surface area contributed by atoms with E-state index < -0.39 is 0 Å². The molecule has 0 aromatic heterocycles. The van der Waals surface area contributed by atoms with Gasteiger partial charge in [-0.1, -0.05) is 18.7 Å². The molecule has 1 fully saturated rings. The second-order valence-electron chi connectivity index (χ2n) is 3.21. The summed E-state index contributed by atoms with van der Waals surface area (Å²) in [6.07, 6.45) is 3.62. The summed E-state index contributed by atoms with van der Waals surface area (Å²) < 4.78 is 10.4. The Hall–Kier alpha value is -1.09. The predicted molar refractivity (Wildman–Crippen MR) is 47.1 cm³/mol. The van der Waals surface area contributed by atoms with Crippen LogP contribution in [0.25, 0.3) is 0 Å². The maximum Gasteiger partial charge on any atom is 0.316 e. The van der Waals surface area contributed by atoms with Crippen molar-refractivity contribution in [1.29, 1.82) is 0 Å². The first kappa shape index (κ1) is 8.51. The van der Waals surface area contributed by atoms with Crippen molar-refractivity contribution in [3.8, 4) is 0 Å². The molecule has 3 nitrogen and oxygen atoms in total. The number of ether oxygens (including phenoxy) is 2. The molecule has 0 saturated carbocycles. The summed E-state index contributed by atoms with van der Waals surface area (Å²) in [6, 6.07) is 0. The smallest absolute Gasteiger partial charge is 0.316 e. The van der Waals surface area contributed by atoms with Gasteiger partial charge in [0.25, 0.3) is 0 Å². The van der Waals surface area contributed by atoms with Crippen LogP contribution in [0.5, 0.6) is 0 Å². The van der Waals surface area contributed by atoms with Crippen LogP contribution < -0.4 is 0 Å². The number of carbonyl (C=O) groups is 1. The first-order valence-corrected chi connectivity index (χ1v) is 4.43. The Morgan fingerprint density at radius 3 is 3.00 bits per heavy atom. The largest absolute Gasteiger partial charge is 0.465 e. The molecule has 70 valence electrons. The van der Waals surface area contributed by atoms with Gasteiger partial charge in [-0.3, -0.25) is 4.79 Å². The molecule has 2 aliphatic heterocycles. The molecule has 0 aromatic carbocycles. The lowest BCUT2D eigenvalue weighted by Crippen LogP contribution is -2.26. The highest BCUT2D eigenvalue weighted by Gasteiger charge is 2.45. The molecule has 0 amide bonds. The molecule has 0 radical (unpaired) electrons. The zero-order chi connectivity index (χ0) is 9.42. The van der Waals surface area contributed by atoms with E-state index in [2.05, 4.69) is 6.58 Å². The van der Waals surface area contributed by atoms with Gasteiger partial charge in [0.2, 0.25) is 0 Å². The van der Waals surface area contributed by atoms with E-state index in [4.69, 9.17) is 9.47 Å². The van der Waals surface area contributed by atoms with Crippen molar-refractivity contribution in [2.75, 3.05) is 6.61 Å². The lowest BCUT2D eigenvalue weighted by Gasteiger charge is -2.15. The third-order valence-electron chi connectivity index (χ3n) is 2.41. The Labute approximate surface area is 77.0 Å². The van der Waals surface area contributed by atoms with Crippen LogP contribution in [0.3, 0.4) is 0 Å². The molecular weight excluding hydrogens is 168 g/mol. The fraction of sp³-hybridized carbons (Fsp3) is 0.500. The van der Waals surface area contributed by atoms with Crippen LogP contribution in [0, 0.1) is 5.92 Å². The molecule has 2 bridgehead atoms. The van der Waals surface area contributed by atoms with E-state index in [0.29, 0.717) is 6.61 Å². The Bertz CT molecular complexity index is 280. The fourth-order valence-corrected chi connectivity index (χ4v) is 1.78. The van der Waals surface area contributed by atoms with Gasteiger partial charge in [-0.15, -0.1) is 0 Å². The van der Waals surface area contributed by atoms with Gasteiger partial charge in [0, 0.05) is 0 Å². The number of fused-ring (bicyclic) bond motifs is 2. The fourth-order valence-electron chi connectivity index (χ4n) is 1.78. The van der Waals surface area contributed by atoms with Gasteiger partial charge in [0.05, 0.1) is 18.8 Å². The van der Waals surface area contributed by atoms with Gasteiger partial charge in [-0.25, -0.2) is 0 Å². The van der Waals surface area contributed by atoms with Crippen molar-refractivity contribution < 1.29 is 14.3 Å². The van der Waals surface area contributed by atoms with Crippen molar-refractivity contribution in [1.82, 2.24) is 0 Å². The summed E-state index contributed by atoms with van der Waals surface area (Å²) >= 11 is 0. The van der Waals surface area contributed by atoms with Crippen LogP contribution in [0.1, 0.15) is 6.92 Å². The number of rotatable bonds is 2. The molecule has 3 heteroatoms. The van der Waals surface area contributed by atoms with E-state index in [9.17, 15) is 4.79 Å². The van der Waals surface area contributed by atoms with Gasteiger partial charge in [-0.2, -0.15) is 0 Å². The van der Waals surface area contributed by atoms with E-state index in [1.165, 1.54) is 0 Å². The lowest BCUT2D eigenvalue weighted by molar-refractivity contribution is -0.147. The van der Waals surface area contributed by atoms with Crippen LogP contribution >= 0.6 is 0 Å². The highest BCUT2D eigenvalue weighted by atomic mass is 16.5. The van der Waals surface area contributed by atoms with E-state index >= 15 is 0 Å². The highest BCUT2D eigenvalue weighted by molar-refractivity contribution is 5.78.